The van der Waals surface area contributed by atoms with E-state index in [1.165, 1.54) is 23.1 Å². The number of methoxy groups -OCH3 is 2. The van der Waals surface area contributed by atoms with Gasteiger partial charge in [-0.1, -0.05) is 55.1 Å². The van der Waals surface area contributed by atoms with Crippen molar-refractivity contribution in [3.05, 3.63) is 76.8 Å². The number of ketones is 1. The Morgan fingerprint density at radius 3 is 2.60 bits per heavy atom. The van der Waals surface area contributed by atoms with E-state index in [4.69, 9.17) is 15.2 Å². The highest BCUT2D eigenvalue weighted by Crippen LogP contribution is 2.50. The van der Waals surface area contributed by atoms with Crippen molar-refractivity contribution in [2.24, 2.45) is 11.1 Å². The van der Waals surface area contributed by atoms with Gasteiger partial charge in [-0.05, 0) is 41.7 Å². The average molecular weight is 603 g/mol. The number of rotatable bonds is 8. The van der Waals surface area contributed by atoms with Gasteiger partial charge in [-0.3, -0.25) is 14.5 Å². The van der Waals surface area contributed by atoms with Crippen molar-refractivity contribution >= 4 is 45.6 Å². The molecule has 42 heavy (non-hydrogen) atoms. The first kappa shape index (κ1) is 29.2. The number of carbonyl (C=O) groups excluding carboxylic acids is 2. The predicted octanol–water partition coefficient (Wildman–Crippen LogP) is 5.23. The van der Waals surface area contributed by atoms with Crippen LogP contribution in [0.1, 0.15) is 38.2 Å². The summed E-state index contributed by atoms with van der Waals surface area (Å²) < 4.78 is 11.1. The zero-order valence-corrected chi connectivity index (χ0v) is 25.3. The van der Waals surface area contributed by atoms with Gasteiger partial charge >= 0.3 is 0 Å². The minimum Gasteiger partial charge on any atom is -0.497 e. The summed E-state index contributed by atoms with van der Waals surface area (Å²) in [6, 6.07) is 16.7. The molecule has 1 aliphatic heterocycles. The normalized spacial score (nSPS) is 17.9. The van der Waals surface area contributed by atoms with E-state index in [0.29, 0.717) is 45.1 Å². The molecule has 0 radical (unpaired) electrons. The van der Waals surface area contributed by atoms with E-state index in [9.17, 15) is 14.9 Å². The smallest absolute Gasteiger partial charge is 0.234 e. The maximum absolute atomic E-state index is 13.7. The molecule has 1 amide bonds. The number of hydrogen-bond donors (Lipinski definition) is 2. The fraction of sp³-hybridized carbons (Fsp3) is 0.300. The number of nitrogens with two attached hydrogens (primary N) is 1. The largest absolute Gasteiger partial charge is 0.497 e. The summed E-state index contributed by atoms with van der Waals surface area (Å²) >= 11 is 2.49. The minimum atomic E-state index is -0.599. The van der Waals surface area contributed by atoms with Crippen molar-refractivity contribution in [3.8, 4) is 17.6 Å². The highest BCUT2D eigenvalue weighted by Gasteiger charge is 2.45. The minimum absolute atomic E-state index is 0.0272. The molecule has 2 aliphatic rings. The second-order valence-corrected chi connectivity index (χ2v) is 12.9. The van der Waals surface area contributed by atoms with Gasteiger partial charge in [0.25, 0.3) is 0 Å². The number of nitriles is 1. The first-order chi connectivity index (χ1) is 20.1. The van der Waals surface area contributed by atoms with Gasteiger partial charge in [0.15, 0.2) is 10.1 Å². The van der Waals surface area contributed by atoms with E-state index >= 15 is 0 Å². The number of anilines is 2. The van der Waals surface area contributed by atoms with Crippen LogP contribution in [-0.2, 0) is 9.59 Å². The summed E-state index contributed by atoms with van der Waals surface area (Å²) in [5, 5.41) is 22.2. The standard InChI is InChI=1S/C30H30N6O4S2/c1-30(2)13-22-26(23(37)14-30)25(17-8-10-19(39-3)11-9-17)21(15-31)27(32)36(22)28-34-35-29(42-28)41-16-24(38)33-18-6-5-7-20(12-18)40-4/h5-12,25H,13-14,16,32H2,1-4H3,(H,33,38). The highest BCUT2D eigenvalue weighted by atomic mass is 32.2. The van der Waals surface area contributed by atoms with Crippen molar-refractivity contribution in [1.29, 1.82) is 5.26 Å². The number of allylic oxidation sites excluding steroid dienone is 3. The van der Waals surface area contributed by atoms with Gasteiger partial charge in [-0.25, -0.2) is 0 Å². The van der Waals surface area contributed by atoms with E-state index in [1.807, 2.05) is 38.1 Å². The lowest BCUT2D eigenvalue weighted by Gasteiger charge is -2.42. The molecule has 0 spiro atoms. The van der Waals surface area contributed by atoms with Crippen molar-refractivity contribution in [1.82, 2.24) is 10.2 Å². The maximum atomic E-state index is 13.7. The first-order valence-corrected chi connectivity index (χ1v) is 14.9. The predicted molar refractivity (Wildman–Crippen MR) is 162 cm³/mol. The van der Waals surface area contributed by atoms with Gasteiger partial charge in [-0.2, -0.15) is 5.26 Å². The number of thioether (sulfide) groups is 1. The SMILES string of the molecule is COc1ccc(C2C(C#N)=C(N)N(c3nnc(SCC(=O)Nc4cccc(OC)c4)s3)C3=C2C(=O)CC(C)(C)C3)cc1. The number of benzene rings is 2. The summed E-state index contributed by atoms with van der Waals surface area (Å²) in [6.07, 6.45) is 0.912. The Morgan fingerprint density at radius 1 is 1.17 bits per heavy atom. The molecular formula is C30H30N6O4S2. The Morgan fingerprint density at radius 2 is 1.90 bits per heavy atom. The second kappa shape index (κ2) is 11.9. The van der Waals surface area contributed by atoms with Crippen LogP contribution in [0.4, 0.5) is 10.8 Å². The Bertz CT molecular complexity index is 1640. The Hall–Kier alpha value is -4.34. The third-order valence-electron chi connectivity index (χ3n) is 7.10. The van der Waals surface area contributed by atoms with Crippen molar-refractivity contribution in [3.63, 3.8) is 0 Å². The fourth-order valence-electron chi connectivity index (χ4n) is 5.23. The van der Waals surface area contributed by atoms with E-state index < -0.39 is 5.92 Å². The van der Waals surface area contributed by atoms with E-state index in [-0.39, 0.29) is 34.3 Å². The Balaban J connectivity index is 1.44. The molecular weight excluding hydrogens is 573 g/mol. The number of aromatic nitrogens is 2. The summed E-state index contributed by atoms with van der Waals surface area (Å²) in [4.78, 5) is 28.0. The molecule has 1 aromatic heterocycles. The third-order valence-corrected chi connectivity index (χ3v) is 9.14. The number of nitrogens with zero attached hydrogens (tertiary/aromatic N) is 4. The van der Waals surface area contributed by atoms with E-state index in [2.05, 4.69) is 21.6 Å². The zero-order valence-electron chi connectivity index (χ0n) is 23.6. The molecule has 2 heterocycles. The van der Waals surface area contributed by atoms with Crippen molar-refractivity contribution in [2.75, 3.05) is 30.2 Å². The number of carbonyl (C=O) groups is 2. The van der Waals surface area contributed by atoms with Crippen molar-refractivity contribution in [2.45, 2.75) is 36.9 Å². The lowest BCUT2D eigenvalue weighted by atomic mass is 9.68. The number of Topliss-reactive ketones (excluding diaryl/α,β-unsaturated/α-hetero) is 1. The van der Waals surface area contributed by atoms with Gasteiger partial charge in [0.1, 0.15) is 17.3 Å². The molecule has 5 rings (SSSR count). The van der Waals surface area contributed by atoms with E-state index in [0.717, 1.165) is 11.3 Å². The molecule has 3 N–H and O–H groups in total. The molecule has 216 valence electrons. The van der Waals surface area contributed by atoms with Crippen LogP contribution in [0.5, 0.6) is 11.5 Å². The highest BCUT2D eigenvalue weighted by molar-refractivity contribution is 8.01. The fourth-order valence-corrected chi connectivity index (χ4v) is 6.91. The van der Waals surface area contributed by atoms with Gasteiger partial charge in [0, 0.05) is 29.4 Å². The van der Waals surface area contributed by atoms with E-state index in [1.54, 1.807) is 43.4 Å². The molecule has 2 aromatic carbocycles. The molecule has 0 fully saturated rings. The second-order valence-electron chi connectivity index (χ2n) is 10.7. The van der Waals surface area contributed by atoms with Crippen LogP contribution < -0.4 is 25.4 Å². The lowest BCUT2D eigenvalue weighted by Crippen LogP contribution is -2.42. The molecule has 1 aliphatic carbocycles. The van der Waals surface area contributed by atoms with Crippen LogP contribution in [0.2, 0.25) is 0 Å². The van der Waals surface area contributed by atoms with Gasteiger partial charge in [0.05, 0.1) is 37.5 Å². The summed E-state index contributed by atoms with van der Waals surface area (Å²) in [6.45, 7) is 4.08. The van der Waals surface area contributed by atoms with Crippen LogP contribution >= 0.6 is 23.1 Å². The molecule has 1 atom stereocenters. The summed E-state index contributed by atoms with van der Waals surface area (Å²) in [5.74, 6) is 0.809. The molecule has 0 saturated carbocycles. The van der Waals surface area contributed by atoms with Crippen LogP contribution in [0.15, 0.2) is 75.5 Å². The van der Waals surface area contributed by atoms with Crippen LogP contribution in [0.25, 0.3) is 0 Å². The van der Waals surface area contributed by atoms with Gasteiger partial charge in [-0.15, -0.1) is 10.2 Å². The molecule has 3 aromatic rings. The molecule has 0 saturated heterocycles. The first-order valence-electron chi connectivity index (χ1n) is 13.1. The topological polar surface area (TPSA) is 143 Å². The maximum Gasteiger partial charge on any atom is 0.234 e. The molecule has 1 unspecified atom stereocenters. The lowest BCUT2D eigenvalue weighted by molar-refractivity contribution is -0.118. The molecule has 12 heteroatoms. The monoisotopic (exact) mass is 602 g/mol. The van der Waals surface area contributed by atoms with Gasteiger partial charge < -0.3 is 20.5 Å². The number of ether oxygens (including phenoxy) is 2. The number of amides is 1. The molecule has 10 nitrogen and oxygen atoms in total. The summed E-state index contributed by atoms with van der Waals surface area (Å²) in [5.41, 5.74) is 9.34. The zero-order chi connectivity index (χ0) is 30.0. The molecule has 0 bridgehead atoms. The Kier molecular flexibility index (Phi) is 8.24. The summed E-state index contributed by atoms with van der Waals surface area (Å²) in [7, 11) is 3.15. The van der Waals surface area contributed by atoms with Crippen LogP contribution in [0.3, 0.4) is 0 Å². The number of nitrogens with one attached hydrogen (secondary N) is 1. The number of hydrogen-bond acceptors (Lipinski definition) is 11. The Labute approximate surface area is 252 Å². The van der Waals surface area contributed by atoms with Gasteiger partial charge in [0.2, 0.25) is 11.0 Å². The van der Waals surface area contributed by atoms with Crippen molar-refractivity contribution < 1.29 is 19.1 Å². The third kappa shape index (κ3) is 5.84. The quantitative estimate of drug-likeness (QED) is 0.329. The van der Waals surface area contributed by atoms with Crippen LogP contribution in [-0.4, -0.2) is 41.9 Å². The average Bonchev–Trinajstić information content (AvgIpc) is 3.43. The van der Waals surface area contributed by atoms with Crippen LogP contribution in [0, 0.1) is 16.7 Å².